The molecule has 0 unspecified atom stereocenters. The predicted octanol–water partition coefficient (Wildman–Crippen LogP) is 4.01. The van der Waals surface area contributed by atoms with Gasteiger partial charge in [-0.2, -0.15) is 0 Å². The summed E-state index contributed by atoms with van der Waals surface area (Å²) in [5.41, 5.74) is 0. The minimum atomic E-state index is 0.0475. The van der Waals surface area contributed by atoms with Crippen molar-refractivity contribution < 1.29 is 4.79 Å². The molecule has 2 rings (SSSR count). The van der Waals surface area contributed by atoms with Crippen molar-refractivity contribution in [1.82, 2.24) is 5.32 Å². The summed E-state index contributed by atoms with van der Waals surface area (Å²) in [6.07, 6.45) is 2.14. The van der Waals surface area contributed by atoms with Crippen LogP contribution in [-0.2, 0) is 0 Å². The largest absolute Gasteiger partial charge is 0.351 e. The van der Waals surface area contributed by atoms with Crippen LogP contribution in [0, 0.1) is 0 Å². The average molecular weight is 265 g/mol. The van der Waals surface area contributed by atoms with Crippen LogP contribution in [0.25, 0.3) is 9.75 Å². The third-order valence-electron chi connectivity index (χ3n) is 2.41. The maximum absolute atomic E-state index is 11.8. The molecule has 0 saturated carbocycles. The Balaban J connectivity index is 2.01. The summed E-state index contributed by atoms with van der Waals surface area (Å²) in [5, 5.41) is 4.99. The molecular formula is C13H15NOS2. The van der Waals surface area contributed by atoms with Gasteiger partial charge < -0.3 is 5.32 Å². The van der Waals surface area contributed by atoms with Gasteiger partial charge in [0.1, 0.15) is 0 Å². The van der Waals surface area contributed by atoms with Gasteiger partial charge >= 0.3 is 0 Å². The molecule has 2 nitrogen and oxygen atoms in total. The van der Waals surface area contributed by atoms with Gasteiger partial charge in [-0.15, -0.1) is 22.7 Å². The van der Waals surface area contributed by atoms with E-state index in [4.69, 9.17) is 0 Å². The number of hydrogen-bond acceptors (Lipinski definition) is 3. The number of nitrogens with one attached hydrogen (secondary N) is 1. The van der Waals surface area contributed by atoms with E-state index in [0.29, 0.717) is 0 Å². The highest BCUT2D eigenvalue weighted by molar-refractivity contribution is 7.22. The Morgan fingerprint density at radius 2 is 2.18 bits per heavy atom. The molecule has 0 aliphatic heterocycles. The van der Waals surface area contributed by atoms with Crippen molar-refractivity contribution in [3.05, 3.63) is 34.5 Å². The van der Waals surface area contributed by atoms with E-state index in [1.807, 2.05) is 18.2 Å². The lowest BCUT2D eigenvalue weighted by atomic mass is 10.3. The fourth-order valence-corrected chi connectivity index (χ4v) is 3.23. The summed E-state index contributed by atoms with van der Waals surface area (Å²) >= 11 is 3.26. The molecular weight excluding hydrogens is 250 g/mol. The average Bonchev–Trinajstić information content (AvgIpc) is 3.00. The second-order valence-electron chi connectivity index (χ2n) is 3.75. The standard InChI is InChI=1S/C13H15NOS2/c1-2-3-8-14-13(15)12-7-6-11(17-12)10-5-4-9-16-10/h4-7,9H,2-3,8H2,1H3,(H,14,15). The van der Waals surface area contributed by atoms with E-state index < -0.39 is 0 Å². The number of rotatable bonds is 5. The zero-order valence-corrected chi connectivity index (χ0v) is 11.4. The first-order chi connectivity index (χ1) is 8.31. The summed E-state index contributed by atoms with van der Waals surface area (Å²) in [4.78, 5) is 15.0. The molecule has 0 aromatic carbocycles. The number of amides is 1. The lowest BCUT2D eigenvalue weighted by Gasteiger charge is -2.00. The van der Waals surface area contributed by atoms with Crippen LogP contribution in [-0.4, -0.2) is 12.5 Å². The third kappa shape index (κ3) is 3.17. The van der Waals surface area contributed by atoms with E-state index in [9.17, 15) is 4.79 Å². The first-order valence-electron chi connectivity index (χ1n) is 5.73. The molecule has 0 fully saturated rings. The van der Waals surface area contributed by atoms with E-state index in [-0.39, 0.29) is 5.91 Å². The van der Waals surface area contributed by atoms with E-state index >= 15 is 0 Å². The van der Waals surface area contributed by atoms with Gasteiger partial charge in [-0.1, -0.05) is 19.4 Å². The molecule has 0 aliphatic rings. The minimum Gasteiger partial charge on any atom is -0.351 e. The van der Waals surface area contributed by atoms with Gasteiger partial charge in [0.25, 0.3) is 5.91 Å². The quantitative estimate of drug-likeness (QED) is 0.813. The van der Waals surface area contributed by atoms with Gasteiger partial charge in [0.05, 0.1) is 4.88 Å². The Bertz CT molecular complexity index is 473. The van der Waals surface area contributed by atoms with Crippen LogP contribution in [0.4, 0.5) is 0 Å². The SMILES string of the molecule is CCCCNC(=O)c1ccc(-c2cccs2)s1. The topological polar surface area (TPSA) is 29.1 Å². The Morgan fingerprint density at radius 3 is 2.88 bits per heavy atom. The zero-order chi connectivity index (χ0) is 12.1. The summed E-state index contributed by atoms with van der Waals surface area (Å²) < 4.78 is 0. The number of unbranched alkanes of at least 4 members (excludes halogenated alkanes) is 1. The van der Waals surface area contributed by atoms with Gasteiger partial charge in [-0.05, 0) is 30.0 Å². The summed E-state index contributed by atoms with van der Waals surface area (Å²) in [6.45, 7) is 2.88. The van der Waals surface area contributed by atoms with Crippen molar-refractivity contribution in [2.24, 2.45) is 0 Å². The van der Waals surface area contributed by atoms with Crippen LogP contribution in [0.15, 0.2) is 29.6 Å². The molecule has 4 heteroatoms. The fraction of sp³-hybridized carbons (Fsp3) is 0.308. The summed E-state index contributed by atoms with van der Waals surface area (Å²) in [6, 6.07) is 8.03. The van der Waals surface area contributed by atoms with Crippen molar-refractivity contribution >= 4 is 28.6 Å². The second-order valence-corrected chi connectivity index (χ2v) is 5.78. The molecule has 0 atom stereocenters. The predicted molar refractivity (Wildman–Crippen MR) is 74.9 cm³/mol. The zero-order valence-electron chi connectivity index (χ0n) is 9.73. The molecule has 90 valence electrons. The van der Waals surface area contributed by atoms with Crippen LogP contribution in [0.3, 0.4) is 0 Å². The maximum Gasteiger partial charge on any atom is 0.261 e. The number of thiophene rings is 2. The highest BCUT2D eigenvalue weighted by Gasteiger charge is 2.09. The molecule has 2 heterocycles. The molecule has 2 aromatic heterocycles. The number of carbonyl (C=O) groups is 1. The number of hydrogen-bond donors (Lipinski definition) is 1. The molecule has 0 aliphatic carbocycles. The van der Waals surface area contributed by atoms with E-state index in [1.54, 1.807) is 22.7 Å². The van der Waals surface area contributed by atoms with E-state index in [0.717, 1.165) is 24.3 Å². The van der Waals surface area contributed by atoms with Gasteiger partial charge in [-0.25, -0.2) is 0 Å². The molecule has 0 bridgehead atoms. The van der Waals surface area contributed by atoms with E-state index in [2.05, 4.69) is 23.7 Å². The van der Waals surface area contributed by atoms with Crippen molar-refractivity contribution in [2.75, 3.05) is 6.54 Å². The fourth-order valence-electron chi connectivity index (χ4n) is 1.48. The van der Waals surface area contributed by atoms with Crippen molar-refractivity contribution in [3.63, 3.8) is 0 Å². The molecule has 1 amide bonds. The van der Waals surface area contributed by atoms with Crippen molar-refractivity contribution in [1.29, 1.82) is 0 Å². The minimum absolute atomic E-state index is 0.0475. The highest BCUT2D eigenvalue weighted by Crippen LogP contribution is 2.31. The lowest BCUT2D eigenvalue weighted by molar-refractivity contribution is 0.0957. The normalized spacial score (nSPS) is 10.4. The van der Waals surface area contributed by atoms with Crippen LogP contribution >= 0.6 is 22.7 Å². The van der Waals surface area contributed by atoms with Gasteiger partial charge in [0.15, 0.2) is 0 Å². The third-order valence-corrected chi connectivity index (χ3v) is 4.56. The Morgan fingerprint density at radius 1 is 1.29 bits per heavy atom. The Hall–Kier alpha value is -1.13. The highest BCUT2D eigenvalue weighted by atomic mass is 32.1. The molecule has 17 heavy (non-hydrogen) atoms. The molecule has 2 aromatic rings. The van der Waals surface area contributed by atoms with Crippen molar-refractivity contribution in [3.8, 4) is 9.75 Å². The Labute approximate surface area is 109 Å². The molecule has 0 saturated heterocycles. The van der Waals surface area contributed by atoms with Gasteiger partial charge in [0.2, 0.25) is 0 Å². The summed E-state index contributed by atoms with van der Waals surface area (Å²) in [5.74, 6) is 0.0475. The Kier molecular flexibility index (Phi) is 4.34. The van der Waals surface area contributed by atoms with Crippen LogP contribution in [0.1, 0.15) is 29.4 Å². The molecule has 0 spiro atoms. The van der Waals surface area contributed by atoms with Gasteiger partial charge in [0, 0.05) is 16.3 Å². The first kappa shape index (κ1) is 12.3. The molecule has 0 radical (unpaired) electrons. The van der Waals surface area contributed by atoms with Crippen LogP contribution in [0.5, 0.6) is 0 Å². The van der Waals surface area contributed by atoms with Gasteiger partial charge in [-0.3, -0.25) is 4.79 Å². The van der Waals surface area contributed by atoms with E-state index in [1.165, 1.54) is 9.75 Å². The molecule has 1 N–H and O–H groups in total. The lowest BCUT2D eigenvalue weighted by Crippen LogP contribution is -2.23. The van der Waals surface area contributed by atoms with Crippen LogP contribution < -0.4 is 5.32 Å². The smallest absolute Gasteiger partial charge is 0.261 e. The first-order valence-corrected chi connectivity index (χ1v) is 7.43. The van der Waals surface area contributed by atoms with Crippen molar-refractivity contribution in [2.45, 2.75) is 19.8 Å². The van der Waals surface area contributed by atoms with Crippen LogP contribution in [0.2, 0.25) is 0 Å². The maximum atomic E-state index is 11.8. The monoisotopic (exact) mass is 265 g/mol. The second kappa shape index (κ2) is 5.98. The summed E-state index contributed by atoms with van der Waals surface area (Å²) in [7, 11) is 0. The number of carbonyl (C=O) groups excluding carboxylic acids is 1.